The smallest absolute Gasteiger partial charge is 0.230 e. The molecule has 0 fully saturated rings. The quantitative estimate of drug-likeness (QED) is 0.902. The highest BCUT2D eigenvalue weighted by molar-refractivity contribution is 6.30. The van der Waals surface area contributed by atoms with Crippen LogP contribution in [0.3, 0.4) is 0 Å². The fourth-order valence-electron chi connectivity index (χ4n) is 1.79. The van der Waals surface area contributed by atoms with Crippen LogP contribution >= 0.6 is 11.6 Å². The first kappa shape index (κ1) is 12.0. The van der Waals surface area contributed by atoms with Gasteiger partial charge in [0.2, 0.25) is 5.88 Å². The standard InChI is InChI=1S/C13H15ClN2O/c1-8(2)7-11-12(13(15)17-16-11)9-3-5-10(14)6-4-9/h3-6,8H,7,15H2,1-2H3. The number of aromatic nitrogens is 1. The molecule has 3 nitrogen and oxygen atoms in total. The van der Waals surface area contributed by atoms with E-state index in [9.17, 15) is 0 Å². The minimum absolute atomic E-state index is 0.364. The van der Waals surface area contributed by atoms with Crippen LogP contribution in [0.2, 0.25) is 5.02 Å². The van der Waals surface area contributed by atoms with E-state index in [1.54, 1.807) is 0 Å². The van der Waals surface area contributed by atoms with Crippen LogP contribution in [-0.2, 0) is 6.42 Å². The van der Waals surface area contributed by atoms with Crippen LogP contribution in [0.1, 0.15) is 19.5 Å². The Hall–Kier alpha value is -1.48. The lowest BCUT2D eigenvalue weighted by Gasteiger charge is -2.04. The van der Waals surface area contributed by atoms with Gasteiger partial charge in [0.15, 0.2) is 0 Å². The van der Waals surface area contributed by atoms with E-state index in [0.29, 0.717) is 16.8 Å². The number of halogens is 1. The van der Waals surface area contributed by atoms with Crippen LogP contribution in [-0.4, -0.2) is 5.16 Å². The zero-order valence-electron chi connectivity index (χ0n) is 9.90. The Morgan fingerprint density at radius 3 is 2.53 bits per heavy atom. The molecule has 1 aromatic heterocycles. The Morgan fingerprint density at radius 2 is 1.94 bits per heavy atom. The van der Waals surface area contributed by atoms with Gasteiger partial charge >= 0.3 is 0 Å². The van der Waals surface area contributed by atoms with Gasteiger partial charge in [-0.2, -0.15) is 0 Å². The number of anilines is 1. The summed E-state index contributed by atoms with van der Waals surface area (Å²) in [5.41, 5.74) is 8.60. The molecule has 0 bridgehead atoms. The number of nitrogen functional groups attached to an aromatic ring is 1. The molecule has 0 atom stereocenters. The van der Waals surface area contributed by atoms with Crippen LogP contribution in [0.5, 0.6) is 0 Å². The van der Waals surface area contributed by atoms with Crippen molar-refractivity contribution in [1.82, 2.24) is 5.16 Å². The first-order valence-electron chi connectivity index (χ1n) is 5.58. The monoisotopic (exact) mass is 250 g/mol. The summed E-state index contributed by atoms with van der Waals surface area (Å²) in [6, 6.07) is 7.52. The van der Waals surface area contributed by atoms with E-state index in [-0.39, 0.29) is 0 Å². The van der Waals surface area contributed by atoms with E-state index < -0.39 is 0 Å². The molecular formula is C13H15ClN2O. The van der Waals surface area contributed by atoms with Crippen molar-refractivity contribution in [2.45, 2.75) is 20.3 Å². The number of rotatable bonds is 3. The summed E-state index contributed by atoms with van der Waals surface area (Å²) >= 11 is 5.87. The maximum atomic E-state index is 5.87. The highest BCUT2D eigenvalue weighted by Gasteiger charge is 2.16. The molecule has 0 aliphatic rings. The maximum absolute atomic E-state index is 5.87. The van der Waals surface area contributed by atoms with Crippen molar-refractivity contribution in [2.75, 3.05) is 5.73 Å². The SMILES string of the molecule is CC(C)Cc1noc(N)c1-c1ccc(Cl)cc1. The average Bonchev–Trinajstić information content (AvgIpc) is 2.61. The Balaban J connectivity index is 2.43. The molecule has 0 unspecified atom stereocenters. The van der Waals surface area contributed by atoms with Crippen molar-refractivity contribution in [2.24, 2.45) is 5.92 Å². The molecule has 1 aromatic carbocycles. The summed E-state index contributed by atoms with van der Waals surface area (Å²) in [5.74, 6) is 0.869. The van der Waals surface area contributed by atoms with E-state index in [1.807, 2.05) is 24.3 Å². The van der Waals surface area contributed by atoms with Crippen LogP contribution in [0.4, 0.5) is 5.88 Å². The number of benzene rings is 1. The summed E-state index contributed by atoms with van der Waals surface area (Å²) in [5, 5.41) is 4.72. The van der Waals surface area contributed by atoms with Crippen molar-refractivity contribution in [1.29, 1.82) is 0 Å². The second-order valence-electron chi connectivity index (χ2n) is 4.47. The Bertz CT molecular complexity index is 503. The van der Waals surface area contributed by atoms with E-state index >= 15 is 0 Å². The molecule has 0 aliphatic heterocycles. The molecule has 0 aliphatic carbocycles. The first-order valence-corrected chi connectivity index (χ1v) is 5.95. The maximum Gasteiger partial charge on any atom is 0.230 e. The van der Waals surface area contributed by atoms with E-state index in [2.05, 4.69) is 19.0 Å². The van der Waals surface area contributed by atoms with Crippen LogP contribution in [0.15, 0.2) is 28.8 Å². The van der Waals surface area contributed by atoms with Crippen molar-refractivity contribution >= 4 is 17.5 Å². The third-order valence-electron chi connectivity index (χ3n) is 2.52. The number of hydrogen-bond donors (Lipinski definition) is 1. The molecule has 1 heterocycles. The molecule has 90 valence electrons. The number of hydrogen-bond acceptors (Lipinski definition) is 3. The predicted molar refractivity (Wildman–Crippen MR) is 69.9 cm³/mol. The van der Waals surface area contributed by atoms with Crippen LogP contribution < -0.4 is 5.73 Å². The normalized spacial score (nSPS) is 11.1. The molecule has 0 saturated heterocycles. The van der Waals surface area contributed by atoms with Gasteiger partial charge in [-0.05, 0) is 30.0 Å². The summed E-state index contributed by atoms with van der Waals surface area (Å²) in [7, 11) is 0. The Labute approximate surface area is 106 Å². The molecule has 0 radical (unpaired) electrons. The Kier molecular flexibility index (Phi) is 3.38. The molecule has 17 heavy (non-hydrogen) atoms. The third kappa shape index (κ3) is 2.61. The highest BCUT2D eigenvalue weighted by atomic mass is 35.5. The summed E-state index contributed by atoms with van der Waals surface area (Å²) in [4.78, 5) is 0. The van der Waals surface area contributed by atoms with Crippen molar-refractivity contribution in [3.05, 3.63) is 35.0 Å². The topological polar surface area (TPSA) is 52.0 Å². The average molecular weight is 251 g/mol. The molecule has 0 saturated carbocycles. The van der Waals surface area contributed by atoms with Gasteiger partial charge in [0.05, 0.1) is 11.3 Å². The van der Waals surface area contributed by atoms with E-state index in [1.165, 1.54) is 0 Å². The molecular weight excluding hydrogens is 236 g/mol. The van der Waals surface area contributed by atoms with Gasteiger partial charge in [-0.25, -0.2) is 0 Å². The summed E-state index contributed by atoms with van der Waals surface area (Å²) in [6.07, 6.45) is 0.846. The second-order valence-corrected chi connectivity index (χ2v) is 4.91. The molecule has 2 aromatic rings. The lowest BCUT2D eigenvalue weighted by atomic mass is 10.00. The fourth-order valence-corrected chi connectivity index (χ4v) is 1.92. The molecule has 0 amide bonds. The zero-order chi connectivity index (χ0) is 12.4. The third-order valence-corrected chi connectivity index (χ3v) is 2.78. The van der Waals surface area contributed by atoms with Gasteiger partial charge in [-0.1, -0.05) is 42.7 Å². The molecule has 4 heteroatoms. The van der Waals surface area contributed by atoms with Crippen LogP contribution in [0.25, 0.3) is 11.1 Å². The van der Waals surface area contributed by atoms with Gasteiger partial charge < -0.3 is 10.3 Å². The number of nitrogens with two attached hydrogens (primary N) is 1. The number of nitrogens with zero attached hydrogens (tertiary/aromatic N) is 1. The second kappa shape index (κ2) is 4.80. The zero-order valence-corrected chi connectivity index (χ0v) is 10.7. The Morgan fingerprint density at radius 1 is 1.29 bits per heavy atom. The molecule has 0 spiro atoms. The highest BCUT2D eigenvalue weighted by Crippen LogP contribution is 2.31. The lowest BCUT2D eigenvalue weighted by molar-refractivity contribution is 0.422. The van der Waals surface area contributed by atoms with Gasteiger partial charge in [0.25, 0.3) is 0 Å². The van der Waals surface area contributed by atoms with Gasteiger partial charge in [-0.15, -0.1) is 0 Å². The van der Waals surface area contributed by atoms with Gasteiger partial charge in [0.1, 0.15) is 0 Å². The van der Waals surface area contributed by atoms with Gasteiger partial charge in [0, 0.05) is 5.02 Å². The van der Waals surface area contributed by atoms with Crippen molar-refractivity contribution < 1.29 is 4.52 Å². The predicted octanol–water partition coefficient (Wildman–Crippen LogP) is 3.78. The van der Waals surface area contributed by atoms with Crippen molar-refractivity contribution in [3.63, 3.8) is 0 Å². The first-order chi connectivity index (χ1) is 8.08. The van der Waals surface area contributed by atoms with Crippen LogP contribution in [0, 0.1) is 5.92 Å². The fraction of sp³-hybridized carbons (Fsp3) is 0.308. The minimum atomic E-state index is 0.364. The van der Waals surface area contributed by atoms with E-state index in [4.69, 9.17) is 21.9 Å². The van der Waals surface area contributed by atoms with Crippen molar-refractivity contribution in [3.8, 4) is 11.1 Å². The largest absolute Gasteiger partial charge is 0.367 e. The van der Waals surface area contributed by atoms with E-state index in [0.717, 1.165) is 23.2 Å². The molecule has 2 rings (SSSR count). The lowest BCUT2D eigenvalue weighted by Crippen LogP contribution is -1.97. The summed E-state index contributed by atoms with van der Waals surface area (Å²) in [6.45, 7) is 4.27. The van der Waals surface area contributed by atoms with Gasteiger partial charge in [-0.3, -0.25) is 0 Å². The summed E-state index contributed by atoms with van der Waals surface area (Å²) < 4.78 is 5.08. The molecule has 2 N–H and O–H groups in total. The minimum Gasteiger partial charge on any atom is -0.367 e.